The number of carbonyl (C=O) groups excluding carboxylic acids is 2. The minimum absolute atomic E-state index is 0.0298. The number of ether oxygens (including phenoxy) is 2. The van der Waals surface area contributed by atoms with Crippen molar-refractivity contribution in [2.45, 2.75) is 6.92 Å². The van der Waals surface area contributed by atoms with E-state index in [1.807, 2.05) is 0 Å². The van der Waals surface area contributed by atoms with Gasteiger partial charge in [0.2, 0.25) is 5.91 Å². The number of halogens is 4. The fraction of sp³-hybridized carbons (Fsp3) is 0.188. The van der Waals surface area contributed by atoms with Gasteiger partial charge in [-0.15, -0.1) is 0 Å². The average Bonchev–Trinajstić information content (AvgIpc) is 2.56. The van der Waals surface area contributed by atoms with Crippen LogP contribution in [0.15, 0.2) is 12.1 Å². The number of benzene rings is 1. The molecule has 10 heteroatoms. The third-order valence-corrected chi connectivity index (χ3v) is 4.26. The summed E-state index contributed by atoms with van der Waals surface area (Å²) in [4.78, 5) is 27.4. The minimum atomic E-state index is -0.874. The number of carbonyl (C=O) groups is 2. The zero-order valence-electron chi connectivity index (χ0n) is 13.7. The van der Waals surface area contributed by atoms with Crippen molar-refractivity contribution in [2.24, 2.45) is 0 Å². The van der Waals surface area contributed by atoms with Gasteiger partial charge in [0.15, 0.2) is 11.4 Å². The van der Waals surface area contributed by atoms with Crippen LogP contribution in [-0.4, -0.2) is 31.1 Å². The van der Waals surface area contributed by atoms with Crippen molar-refractivity contribution >= 4 is 52.4 Å². The van der Waals surface area contributed by atoms with Crippen LogP contribution in [-0.2, 0) is 9.53 Å². The van der Waals surface area contributed by atoms with E-state index in [2.05, 4.69) is 15.0 Å². The molecule has 6 nitrogen and oxygen atoms in total. The lowest BCUT2D eigenvalue weighted by Crippen LogP contribution is -2.12. The maximum absolute atomic E-state index is 14.5. The minimum Gasteiger partial charge on any atom is -0.494 e. The number of anilines is 1. The Balaban J connectivity index is 2.82. The molecule has 0 atom stereocenters. The summed E-state index contributed by atoms with van der Waals surface area (Å²) >= 11 is 18.2. The Morgan fingerprint density at radius 1 is 1.15 bits per heavy atom. The molecule has 2 aromatic rings. The fourth-order valence-corrected chi connectivity index (χ4v) is 3.07. The van der Waals surface area contributed by atoms with Crippen molar-refractivity contribution in [1.29, 1.82) is 0 Å². The monoisotopic (exact) mass is 420 g/mol. The number of esters is 1. The number of amides is 1. The summed E-state index contributed by atoms with van der Waals surface area (Å²) in [5, 5.41) is 2.09. The second-order valence-corrected chi connectivity index (χ2v) is 6.12. The van der Waals surface area contributed by atoms with Crippen molar-refractivity contribution < 1.29 is 23.5 Å². The molecule has 0 radical (unpaired) electrons. The predicted octanol–water partition coefficient (Wildman–Crippen LogP) is 4.60. The lowest BCUT2D eigenvalue weighted by molar-refractivity contribution is -0.114. The van der Waals surface area contributed by atoms with Gasteiger partial charge >= 0.3 is 5.97 Å². The van der Waals surface area contributed by atoms with Crippen LogP contribution in [0.2, 0.25) is 15.1 Å². The maximum atomic E-state index is 14.5. The Morgan fingerprint density at radius 2 is 1.81 bits per heavy atom. The molecule has 1 heterocycles. The van der Waals surface area contributed by atoms with Crippen LogP contribution < -0.4 is 10.1 Å². The molecule has 0 bridgehead atoms. The van der Waals surface area contributed by atoms with Crippen LogP contribution in [0.4, 0.5) is 10.1 Å². The molecule has 0 aliphatic carbocycles. The SMILES string of the molecule is COC(=O)c1nc(-c2c(F)cc(Cl)c(OC)c2Cl)cc(NC(C)=O)c1Cl. The number of aromatic nitrogens is 1. The van der Waals surface area contributed by atoms with Crippen LogP contribution in [0.1, 0.15) is 17.4 Å². The standard InChI is InChI=1S/C16H12Cl3FN2O4/c1-6(23)21-10-5-9(22-14(12(10)18)16(24)26-3)11-8(20)4-7(17)15(25-2)13(11)19/h4-5H,1-3H3,(H,21,22,23). The molecular weight excluding hydrogens is 410 g/mol. The maximum Gasteiger partial charge on any atom is 0.358 e. The Hall–Kier alpha value is -2.09. The van der Waals surface area contributed by atoms with Crippen LogP contribution in [0, 0.1) is 5.82 Å². The Kier molecular flexibility index (Phi) is 6.28. The molecule has 0 fully saturated rings. The van der Waals surface area contributed by atoms with E-state index in [4.69, 9.17) is 39.5 Å². The highest BCUT2D eigenvalue weighted by molar-refractivity contribution is 6.39. The molecule has 0 aliphatic rings. The van der Waals surface area contributed by atoms with Gasteiger partial charge in [0, 0.05) is 6.92 Å². The molecule has 0 saturated carbocycles. The zero-order chi connectivity index (χ0) is 19.6. The van der Waals surface area contributed by atoms with Gasteiger partial charge in [-0.1, -0.05) is 34.8 Å². The normalized spacial score (nSPS) is 10.4. The number of nitrogens with zero attached hydrogens (tertiary/aromatic N) is 1. The first kappa shape index (κ1) is 20.2. The summed E-state index contributed by atoms with van der Waals surface area (Å²) in [7, 11) is 2.44. The van der Waals surface area contributed by atoms with Gasteiger partial charge in [-0.25, -0.2) is 14.2 Å². The van der Waals surface area contributed by atoms with E-state index < -0.39 is 17.7 Å². The molecule has 1 aromatic heterocycles. The van der Waals surface area contributed by atoms with Gasteiger partial charge in [0.25, 0.3) is 0 Å². The van der Waals surface area contributed by atoms with Crippen molar-refractivity contribution in [3.63, 3.8) is 0 Å². The van der Waals surface area contributed by atoms with Gasteiger partial charge in [0.05, 0.1) is 46.2 Å². The van der Waals surface area contributed by atoms with Crippen LogP contribution in [0.5, 0.6) is 5.75 Å². The first-order chi connectivity index (χ1) is 12.2. The highest BCUT2D eigenvalue weighted by Gasteiger charge is 2.24. The smallest absolute Gasteiger partial charge is 0.358 e. The highest BCUT2D eigenvalue weighted by Crippen LogP contribution is 2.43. The van der Waals surface area contributed by atoms with E-state index in [9.17, 15) is 14.0 Å². The van der Waals surface area contributed by atoms with Crippen molar-refractivity contribution in [3.05, 3.63) is 38.7 Å². The van der Waals surface area contributed by atoms with E-state index in [0.29, 0.717) is 0 Å². The first-order valence-electron chi connectivity index (χ1n) is 6.99. The molecule has 1 amide bonds. The van der Waals surface area contributed by atoms with Gasteiger partial charge in [-0.05, 0) is 12.1 Å². The third kappa shape index (κ3) is 3.85. The molecule has 1 aromatic carbocycles. The summed E-state index contributed by atoms with van der Waals surface area (Å²) in [6.07, 6.45) is 0. The van der Waals surface area contributed by atoms with Crippen molar-refractivity contribution in [1.82, 2.24) is 4.98 Å². The number of hydrogen-bond donors (Lipinski definition) is 1. The lowest BCUT2D eigenvalue weighted by Gasteiger charge is -2.15. The summed E-state index contributed by atoms with van der Waals surface area (Å²) < 4.78 is 24.2. The molecular formula is C16H12Cl3FN2O4. The Labute approximate surface area is 163 Å². The van der Waals surface area contributed by atoms with Gasteiger partial charge in [0.1, 0.15) is 5.82 Å². The van der Waals surface area contributed by atoms with Gasteiger partial charge < -0.3 is 14.8 Å². The number of hydrogen-bond acceptors (Lipinski definition) is 5. The summed E-state index contributed by atoms with van der Waals surface area (Å²) in [6.45, 7) is 1.24. The topological polar surface area (TPSA) is 77.5 Å². The molecule has 1 N–H and O–H groups in total. The average molecular weight is 422 g/mol. The van der Waals surface area contributed by atoms with Crippen LogP contribution >= 0.6 is 34.8 Å². The van der Waals surface area contributed by atoms with Crippen LogP contribution in [0.25, 0.3) is 11.3 Å². The van der Waals surface area contributed by atoms with E-state index in [0.717, 1.165) is 13.2 Å². The summed E-state index contributed by atoms with van der Waals surface area (Å²) in [5.74, 6) is -2.11. The Morgan fingerprint density at radius 3 is 2.35 bits per heavy atom. The molecule has 2 rings (SSSR count). The third-order valence-electron chi connectivity index (χ3n) is 3.24. The van der Waals surface area contributed by atoms with E-state index >= 15 is 0 Å². The molecule has 0 aliphatic heterocycles. The summed E-state index contributed by atoms with van der Waals surface area (Å²) in [5.41, 5.74) is -0.536. The number of pyridine rings is 1. The predicted molar refractivity (Wildman–Crippen MR) is 96.9 cm³/mol. The fourth-order valence-electron chi connectivity index (χ4n) is 2.16. The van der Waals surface area contributed by atoms with Gasteiger partial charge in [-0.2, -0.15) is 0 Å². The number of nitrogens with one attached hydrogen (secondary N) is 1. The van der Waals surface area contributed by atoms with Gasteiger partial charge in [-0.3, -0.25) is 4.79 Å². The lowest BCUT2D eigenvalue weighted by atomic mass is 10.1. The Bertz CT molecular complexity index is 906. The zero-order valence-corrected chi connectivity index (χ0v) is 16.0. The van der Waals surface area contributed by atoms with Crippen molar-refractivity contribution in [3.8, 4) is 17.0 Å². The largest absolute Gasteiger partial charge is 0.494 e. The van der Waals surface area contributed by atoms with E-state index in [1.165, 1.54) is 20.1 Å². The van der Waals surface area contributed by atoms with Crippen molar-refractivity contribution in [2.75, 3.05) is 19.5 Å². The number of methoxy groups -OCH3 is 2. The second-order valence-electron chi connectivity index (χ2n) is 4.95. The molecule has 26 heavy (non-hydrogen) atoms. The second kappa shape index (κ2) is 8.07. The molecule has 0 unspecified atom stereocenters. The van der Waals surface area contributed by atoms with Crippen LogP contribution in [0.3, 0.4) is 0 Å². The molecule has 0 spiro atoms. The molecule has 138 valence electrons. The summed E-state index contributed by atoms with van der Waals surface area (Å²) in [6, 6.07) is 2.27. The molecule has 0 saturated heterocycles. The quantitative estimate of drug-likeness (QED) is 0.730. The first-order valence-corrected chi connectivity index (χ1v) is 8.12. The highest BCUT2D eigenvalue weighted by atomic mass is 35.5. The number of rotatable bonds is 4. The van der Waals surface area contributed by atoms with E-state index in [1.54, 1.807) is 0 Å². The van der Waals surface area contributed by atoms with E-state index in [-0.39, 0.29) is 43.5 Å².